The first-order chi connectivity index (χ1) is 8.33. The molecule has 0 amide bonds. The Bertz CT molecular complexity index is 553. The van der Waals surface area contributed by atoms with Crippen LogP contribution in [0.25, 0.3) is 10.6 Å². The maximum absolute atomic E-state index is 9.28. The van der Waals surface area contributed by atoms with Crippen molar-refractivity contribution in [3.63, 3.8) is 0 Å². The number of morpholine rings is 1. The quantitative estimate of drug-likeness (QED) is 0.756. The van der Waals surface area contributed by atoms with Gasteiger partial charge >= 0.3 is 0 Å². The summed E-state index contributed by atoms with van der Waals surface area (Å²) in [5.74, 6) is 0. The molecule has 1 saturated heterocycles. The predicted molar refractivity (Wildman–Crippen MR) is 69.4 cm³/mol. The van der Waals surface area contributed by atoms with Crippen molar-refractivity contribution in [2.45, 2.75) is 0 Å². The van der Waals surface area contributed by atoms with Crippen LogP contribution in [0.2, 0.25) is 5.02 Å². The summed E-state index contributed by atoms with van der Waals surface area (Å²) in [6, 6.07) is 2.23. The molecule has 0 radical (unpaired) electrons. The Morgan fingerprint density at radius 3 is 2.88 bits per heavy atom. The predicted octanol–water partition coefficient (Wildman–Crippen LogP) is 2.67. The standard InChI is InChI=1S/C10H8ClN3OS2/c11-7-9(14-1-3-15-4-2-14)6(5-12)8-10(7)16-17-13-8/h1-4H2. The molecular weight excluding hydrogens is 278 g/mol. The largest absolute Gasteiger partial charge is 0.378 e. The van der Waals surface area contributed by atoms with Crippen molar-refractivity contribution < 1.29 is 4.74 Å². The molecule has 4 nitrogen and oxygen atoms in total. The molecular formula is C10H8ClN3OS2. The van der Waals surface area contributed by atoms with Crippen LogP contribution >= 0.6 is 32.5 Å². The molecule has 88 valence electrons. The molecule has 0 atom stereocenters. The maximum Gasteiger partial charge on any atom is 0.116 e. The van der Waals surface area contributed by atoms with Crippen LogP contribution in [-0.4, -0.2) is 30.7 Å². The molecule has 0 aromatic rings. The van der Waals surface area contributed by atoms with E-state index in [1.165, 1.54) is 20.9 Å². The highest BCUT2D eigenvalue weighted by atomic mass is 35.5. The van der Waals surface area contributed by atoms with Crippen molar-refractivity contribution in [1.29, 1.82) is 5.26 Å². The van der Waals surface area contributed by atoms with E-state index >= 15 is 0 Å². The van der Waals surface area contributed by atoms with Gasteiger partial charge in [-0.2, -0.15) is 9.64 Å². The van der Waals surface area contributed by atoms with Gasteiger partial charge < -0.3 is 9.64 Å². The molecule has 17 heavy (non-hydrogen) atoms. The van der Waals surface area contributed by atoms with Crippen molar-refractivity contribution in [1.82, 2.24) is 4.37 Å². The third kappa shape index (κ3) is 1.70. The summed E-state index contributed by atoms with van der Waals surface area (Å²) < 4.78 is 9.57. The fourth-order valence-corrected chi connectivity index (χ4v) is 4.42. The number of hydrogen-bond donors (Lipinski definition) is 0. The van der Waals surface area contributed by atoms with Crippen LogP contribution in [0, 0.1) is 11.3 Å². The maximum atomic E-state index is 9.28. The number of nitriles is 1. The molecule has 0 N–H and O–H groups in total. The lowest BCUT2D eigenvalue weighted by atomic mass is 10.2. The summed E-state index contributed by atoms with van der Waals surface area (Å²) in [6.07, 6.45) is 0. The van der Waals surface area contributed by atoms with Gasteiger partial charge in [0.2, 0.25) is 0 Å². The van der Waals surface area contributed by atoms with E-state index in [1.54, 1.807) is 0 Å². The zero-order chi connectivity index (χ0) is 11.8. The van der Waals surface area contributed by atoms with Crippen LogP contribution < -0.4 is 4.90 Å². The van der Waals surface area contributed by atoms with Gasteiger partial charge in [-0.15, -0.1) is 0 Å². The second kappa shape index (κ2) is 4.42. The summed E-state index contributed by atoms with van der Waals surface area (Å²) in [7, 11) is 2.89. The fourth-order valence-electron chi connectivity index (χ4n) is 1.99. The smallest absolute Gasteiger partial charge is 0.116 e. The zero-order valence-corrected chi connectivity index (χ0v) is 11.2. The first kappa shape index (κ1) is 11.2. The SMILES string of the molecule is N#Cc1c2nssc-2c(Cl)c1N1CCOCC1. The van der Waals surface area contributed by atoms with Gasteiger partial charge in [-0.3, -0.25) is 0 Å². The topological polar surface area (TPSA) is 49.2 Å². The summed E-state index contributed by atoms with van der Waals surface area (Å²) in [5.41, 5.74) is 2.18. The van der Waals surface area contributed by atoms with Crippen LogP contribution in [-0.2, 0) is 4.74 Å². The van der Waals surface area contributed by atoms with Gasteiger partial charge in [0.15, 0.2) is 0 Å². The summed E-state index contributed by atoms with van der Waals surface area (Å²) in [6.45, 7) is 2.90. The second-order valence-electron chi connectivity index (χ2n) is 3.68. The fraction of sp³-hybridized carbons (Fsp3) is 0.400. The third-order valence-corrected chi connectivity index (χ3v) is 5.11. The van der Waals surface area contributed by atoms with Crippen LogP contribution in [0.3, 0.4) is 0 Å². The summed E-state index contributed by atoms with van der Waals surface area (Å²) in [4.78, 5) is 3.04. The molecule has 3 rings (SSSR count). The van der Waals surface area contributed by atoms with Crippen molar-refractivity contribution >= 4 is 38.2 Å². The van der Waals surface area contributed by atoms with Gasteiger partial charge in [0.05, 0.1) is 28.8 Å². The minimum atomic E-state index is 0.601. The molecule has 2 aliphatic heterocycles. The lowest BCUT2D eigenvalue weighted by molar-refractivity contribution is 0.122. The van der Waals surface area contributed by atoms with Crippen LogP contribution in [0.5, 0.6) is 0 Å². The van der Waals surface area contributed by atoms with Crippen molar-refractivity contribution in [2.24, 2.45) is 0 Å². The molecule has 0 aromatic carbocycles. The average Bonchev–Trinajstić information content (AvgIpc) is 2.93. The highest BCUT2D eigenvalue weighted by Crippen LogP contribution is 2.48. The molecule has 0 unspecified atom stereocenters. The number of halogens is 1. The van der Waals surface area contributed by atoms with Gasteiger partial charge in [-0.1, -0.05) is 21.9 Å². The van der Waals surface area contributed by atoms with E-state index < -0.39 is 0 Å². The third-order valence-electron chi connectivity index (χ3n) is 2.78. The Balaban J connectivity index is 2.14. The van der Waals surface area contributed by atoms with Gasteiger partial charge in [0.25, 0.3) is 0 Å². The molecule has 0 spiro atoms. The van der Waals surface area contributed by atoms with Crippen molar-refractivity contribution in [2.75, 3.05) is 31.2 Å². The molecule has 7 heteroatoms. The number of nitrogens with zero attached hydrogens (tertiary/aromatic N) is 3. The van der Waals surface area contributed by atoms with E-state index in [1.807, 2.05) is 0 Å². The average molecular weight is 286 g/mol. The van der Waals surface area contributed by atoms with E-state index in [-0.39, 0.29) is 0 Å². The molecule has 0 saturated carbocycles. The van der Waals surface area contributed by atoms with E-state index in [0.29, 0.717) is 23.8 Å². The highest BCUT2D eigenvalue weighted by Gasteiger charge is 2.29. The normalized spacial score (nSPS) is 16.4. The van der Waals surface area contributed by atoms with Crippen LogP contribution in [0.1, 0.15) is 5.56 Å². The van der Waals surface area contributed by atoms with Crippen molar-refractivity contribution in [3.05, 3.63) is 10.6 Å². The van der Waals surface area contributed by atoms with Gasteiger partial charge in [0.1, 0.15) is 17.3 Å². The Hall–Kier alpha value is -0.870. The number of ether oxygens (including phenoxy) is 1. The molecule has 3 aliphatic rings. The van der Waals surface area contributed by atoms with E-state index in [4.69, 9.17) is 16.3 Å². The zero-order valence-electron chi connectivity index (χ0n) is 8.77. The van der Waals surface area contributed by atoms with E-state index in [9.17, 15) is 5.26 Å². The monoisotopic (exact) mass is 285 g/mol. The summed E-state index contributed by atoms with van der Waals surface area (Å²) >= 11 is 6.36. The van der Waals surface area contributed by atoms with Gasteiger partial charge in [-0.25, -0.2) is 0 Å². The van der Waals surface area contributed by atoms with E-state index in [0.717, 1.165) is 29.3 Å². The molecule has 0 bridgehead atoms. The Morgan fingerprint density at radius 2 is 2.18 bits per heavy atom. The first-order valence-corrected chi connectivity index (χ1v) is 7.61. The summed E-state index contributed by atoms with van der Waals surface area (Å²) in [5, 5.41) is 9.95. The van der Waals surface area contributed by atoms with Crippen molar-refractivity contribution in [3.8, 4) is 16.6 Å². The number of aromatic nitrogens is 1. The lowest BCUT2D eigenvalue weighted by Gasteiger charge is -2.28. The first-order valence-electron chi connectivity index (χ1n) is 5.12. The molecule has 1 fully saturated rings. The van der Waals surface area contributed by atoms with E-state index in [2.05, 4.69) is 15.3 Å². The van der Waals surface area contributed by atoms with Crippen LogP contribution in [0.15, 0.2) is 0 Å². The number of anilines is 1. The number of rotatable bonds is 1. The lowest BCUT2D eigenvalue weighted by Crippen LogP contribution is -2.36. The highest BCUT2D eigenvalue weighted by molar-refractivity contribution is 7.68. The Labute approximate surface area is 111 Å². The molecule has 1 aliphatic carbocycles. The second-order valence-corrected chi connectivity index (χ2v) is 5.91. The molecule has 2 heterocycles. The Kier molecular flexibility index (Phi) is 2.92. The van der Waals surface area contributed by atoms with Crippen LogP contribution in [0.4, 0.5) is 5.69 Å². The number of fused-ring (bicyclic) bond motifs is 1. The minimum absolute atomic E-state index is 0.601. The molecule has 0 aromatic heterocycles. The van der Waals surface area contributed by atoms with Gasteiger partial charge in [0, 0.05) is 23.6 Å². The van der Waals surface area contributed by atoms with Gasteiger partial charge in [-0.05, 0) is 0 Å². The minimum Gasteiger partial charge on any atom is -0.378 e. The number of hydrogen-bond acceptors (Lipinski definition) is 6. The Morgan fingerprint density at radius 1 is 1.41 bits per heavy atom.